The van der Waals surface area contributed by atoms with Crippen molar-refractivity contribution in [2.75, 3.05) is 13.7 Å². The fraction of sp³-hybridized carbons (Fsp3) is 0.174. The van der Waals surface area contributed by atoms with Gasteiger partial charge < -0.3 is 18.6 Å². The van der Waals surface area contributed by atoms with E-state index in [4.69, 9.17) is 13.7 Å². The number of ether oxygens (including phenoxy) is 1. The molecule has 2 aromatic heterocycles. The van der Waals surface area contributed by atoms with Gasteiger partial charge in [0.1, 0.15) is 17.3 Å². The Morgan fingerprint density at radius 3 is 2.68 bits per heavy atom. The molecule has 0 atom stereocenters. The molecule has 0 spiro atoms. The molecule has 0 fully saturated rings. The molecule has 0 unspecified atom stereocenters. The summed E-state index contributed by atoms with van der Waals surface area (Å²) < 4.78 is 29.5. The fourth-order valence-electron chi connectivity index (χ4n) is 3.09. The highest BCUT2D eigenvalue weighted by molar-refractivity contribution is 5.94. The van der Waals surface area contributed by atoms with Crippen LogP contribution < -0.4 is 4.74 Å². The van der Waals surface area contributed by atoms with Crippen molar-refractivity contribution in [3.63, 3.8) is 0 Å². The van der Waals surface area contributed by atoms with Crippen LogP contribution in [0.4, 0.5) is 4.39 Å². The van der Waals surface area contributed by atoms with E-state index in [1.165, 1.54) is 18.2 Å². The van der Waals surface area contributed by atoms with Crippen LogP contribution in [0.2, 0.25) is 0 Å². The van der Waals surface area contributed by atoms with Crippen molar-refractivity contribution in [1.29, 1.82) is 0 Å². The minimum Gasteiger partial charge on any atom is -0.497 e. The van der Waals surface area contributed by atoms with Crippen LogP contribution in [0.3, 0.4) is 0 Å². The number of amides is 1. The third kappa shape index (κ3) is 4.98. The first-order chi connectivity index (χ1) is 15.1. The summed E-state index contributed by atoms with van der Waals surface area (Å²) in [5, 5.41) is 4.01. The summed E-state index contributed by atoms with van der Waals surface area (Å²) in [6.07, 6.45) is 1.88. The molecule has 0 aliphatic rings. The Morgan fingerprint density at radius 1 is 1.13 bits per heavy atom. The number of rotatable bonds is 8. The quantitative estimate of drug-likeness (QED) is 0.420. The van der Waals surface area contributed by atoms with Crippen LogP contribution in [0.1, 0.15) is 22.0 Å². The predicted octanol–water partition coefficient (Wildman–Crippen LogP) is 4.36. The van der Waals surface area contributed by atoms with Gasteiger partial charge in [0, 0.05) is 24.1 Å². The first-order valence-corrected chi connectivity index (χ1v) is 9.66. The number of furan rings is 1. The second-order valence-corrected chi connectivity index (χ2v) is 6.81. The summed E-state index contributed by atoms with van der Waals surface area (Å²) in [6.45, 7) is 0.530. The Labute approximate surface area is 178 Å². The topological polar surface area (TPSA) is 81.6 Å². The molecule has 2 heterocycles. The summed E-state index contributed by atoms with van der Waals surface area (Å²) in [6, 6.07) is 16.4. The lowest BCUT2D eigenvalue weighted by atomic mass is 10.2. The lowest BCUT2D eigenvalue weighted by Gasteiger charge is -2.21. The summed E-state index contributed by atoms with van der Waals surface area (Å²) in [4.78, 5) is 18.9. The van der Waals surface area contributed by atoms with Gasteiger partial charge in [0.25, 0.3) is 5.91 Å². The van der Waals surface area contributed by atoms with E-state index < -0.39 is 5.82 Å². The maximum atomic E-state index is 13.6. The molecule has 158 valence electrons. The Morgan fingerprint density at radius 2 is 1.97 bits per heavy atom. The van der Waals surface area contributed by atoms with Crippen LogP contribution in [0.5, 0.6) is 5.75 Å². The van der Waals surface area contributed by atoms with Crippen molar-refractivity contribution >= 4 is 5.91 Å². The lowest BCUT2D eigenvalue weighted by Crippen LogP contribution is -2.32. The van der Waals surface area contributed by atoms with Crippen LogP contribution in [0.25, 0.3) is 11.4 Å². The largest absolute Gasteiger partial charge is 0.497 e. The van der Waals surface area contributed by atoms with Gasteiger partial charge in [-0.05, 0) is 54.6 Å². The van der Waals surface area contributed by atoms with E-state index in [0.29, 0.717) is 30.4 Å². The zero-order valence-electron chi connectivity index (χ0n) is 16.8. The third-order valence-electron chi connectivity index (χ3n) is 4.70. The lowest BCUT2D eigenvalue weighted by molar-refractivity contribution is 0.0729. The van der Waals surface area contributed by atoms with Crippen molar-refractivity contribution < 1.29 is 22.9 Å². The van der Waals surface area contributed by atoms with Crippen molar-refractivity contribution in [2.45, 2.75) is 13.0 Å². The zero-order valence-corrected chi connectivity index (χ0v) is 16.8. The maximum absolute atomic E-state index is 13.6. The Hall–Kier alpha value is -3.94. The second-order valence-electron chi connectivity index (χ2n) is 6.81. The van der Waals surface area contributed by atoms with E-state index >= 15 is 0 Å². The van der Waals surface area contributed by atoms with Crippen molar-refractivity contribution in [3.8, 4) is 17.1 Å². The maximum Gasteiger partial charge on any atom is 0.254 e. The molecule has 1 amide bonds. The number of methoxy groups -OCH3 is 1. The van der Waals surface area contributed by atoms with Gasteiger partial charge in [-0.2, -0.15) is 4.98 Å². The Balaban J connectivity index is 1.48. The summed E-state index contributed by atoms with van der Waals surface area (Å²) >= 11 is 0. The van der Waals surface area contributed by atoms with Crippen molar-refractivity contribution in [3.05, 3.63) is 90.0 Å². The van der Waals surface area contributed by atoms with Crippen LogP contribution in [-0.2, 0) is 13.0 Å². The van der Waals surface area contributed by atoms with Crippen LogP contribution in [0.15, 0.2) is 75.9 Å². The Kier molecular flexibility index (Phi) is 6.07. The SMILES string of the molecule is COc1ccc(-c2noc(CCN(Cc3ccco3)C(=O)c3cccc(F)c3)n2)cc1. The number of carbonyl (C=O) groups is 1. The van der Waals surface area contributed by atoms with Crippen molar-refractivity contribution in [2.24, 2.45) is 0 Å². The minimum atomic E-state index is -0.468. The molecule has 8 heteroatoms. The molecule has 0 aliphatic heterocycles. The van der Waals surface area contributed by atoms with Crippen molar-refractivity contribution in [1.82, 2.24) is 15.0 Å². The van der Waals surface area contributed by atoms with Gasteiger partial charge in [0.05, 0.1) is 19.9 Å². The Bertz CT molecular complexity index is 1140. The number of hydrogen-bond acceptors (Lipinski definition) is 6. The van der Waals surface area contributed by atoms with E-state index in [-0.39, 0.29) is 18.0 Å². The van der Waals surface area contributed by atoms with E-state index in [0.717, 1.165) is 11.3 Å². The van der Waals surface area contributed by atoms with Crippen LogP contribution in [-0.4, -0.2) is 34.6 Å². The highest BCUT2D eigenvalue weighted by atomic mass is 19.1. The summed E-state index contributed by atoms with van der Waals surface area (Å²) in [5.41, 5.74) is 1.05. The van der Waals surface area contributed by atoms with Gasteiger partial charge in [-0.1, -0.05) is 11.2 Å². The van der Waals surface area contributed by atoms with Gasteiger partial charge in [-0.25, -0.2) is 4.39 Å². The smallest absolute Gasteiger partial charge is 0.254 e. The second kappa shape index (κ2) is 9.25. The summed E-state index contributed by atoms with van der Waals surface area (Å²) in [7, 11) is 1.60. The highest BCUT2D eigenvalue weighted by Gasteiger charge is 2.19. The number of aromatic nitrogens is 2. The number of nitrogens with zero attached hydrogens (tertiary/aromatic N) is 3. The van der Waals surface area contributed by atoms with E-state index in [9.17, 15) is 9.18 Å². The molecular formula is C23H20FN3O4. The molecule has 0 radical (unpaired) electrons. The van der Waals surface area contributed by atoms with E-state index in [1.807, 2.05) is 24.3 Å². The van der Waals surface area contributed by atoms with Gasteiger partial charge in [-0.15, -0.1) is 0 Å². The molecule has 0 aliphatic carbocycles. The molecule has 0 N–H and O–H groups in total. The summed E-state index contributed by atoms with van der Waals surface area (Å²) in [5.74, 6) is 1.41. The molecule has 0 saturated heterocycles. The van der Waals surface area contributed by atoms with Gasteiger partial charge in [-0.3, -0.25) is 4.79 Å². The first-order valence-electron chi connectivity index (χ1n) is 9.66. The zero-order chi connectivity index (χ0) is 21.6. The molecule has 4 aromatic rings. The predicted molar refractivity (Wildman–Crippen MR) is 110 cm³/mol. The van der Waals surface area contributed by atoms with E-state index in [2.05, 4.69) is 10.1 Å². The normalized spacial score (nSPS) is 10.8. The third-order valence-corrected chi connectivity index (χ3v) is 4.70. The van der Waals surface area contributed by atoms with Crippen LogP contribution in [0, 0.1) is 5.82 Å². The number of benzene rings is 2. The van der Waals surface area contributed by atoms with Crippen LogP contribution >= 0.6 is 0 Å². The average molecular weight is 421 g/mol. The molecule has 31 heavy (non-hydrogen) atoms. The van der Waals surface area contributed by atoms with Gasteiger partial charge >= 0.3 is 0 Å². The number of hydrogen-bond donors (Lipinski definition) is 0. The first kappa shape index (κ1) is 20.3. The molecule has 0 bridgehead atoms. The number of carbonyl (C=O) groups excluding carboxylic acids is 1. The highest BCUT2D eigenvalue weighted by Crippen LogP contribution is 2.20. The van der Waals surface area contributed by atoms with Gasteiger partial charge in [0.15, 0.2) is 0 Å². The molecule has 0 saturated carbocycles. The standard InChI is InChI=1S/C23H20FN3O4/c1-29-19-9-7-16(8-10-19)22-25-21(31-26-22)11-12-27(15-20-6-3-13-30-20)23(28)17-4-2-5-18(24)14-17/h2-10,13-14H,11-12,15H2,1H3. The molecule has 4 rings (SSSR count). The average Bonchev–Trinajstić information content (AvgIpc) is 3.48. The monoisotopic (exact) mass is 421 g/mol. The number of halogens is 1. The van der Waals surface area contributed by atoms with Gasteiger partial charge in [0.2, 0.25) is 11.7 Å². The van der Waals surface area contributed by atoms with E-state index in [1.54, 1.807) is 36.5 Å². The molecule has 7 nitrogen and oxygen atoms in total. The molecule has 2 aromatic carbocycles. The fourth-order valence-corrected chi connectivity index (χ4v) is 3.09. The molecular weight excluding hydrogens is 401 g/mol. The minimum absolute atomic E-state index is 0.238.